The van der Waals surface area contributed by atoms with Crippen molar-refractivity contribution in [3.63, 3.8) is 0 Å². The van der Waals surface area contributed by atoms with Crippen LogP contribution in [0.4, 0.5) is 0 Å². The predicted molar refractivity (Wildman–Crippen MR) is 70.0 cm³/mol. The summed E-state index contributed by atoms with van der Waals surface area (Å²) in [6.07, 6.45) is 9.07. The lowest BCUT2D eigenvalue weighted by Gasteiger charge is -2.05. The number of rotatable bonds is 5. The van der Waals surface area contributed by atoms with Gasteiger partial charge < -0.3 is 4.74 Å². The third kappa shape index (κ3) is 4.15. The second-order valence-electron chi connectivity index (χ2n) is 3.65. The highest BCUT2D eigenvalue weighted by Crippen LogP contribution is 2.16. The third-order valence-electron chi connectivity index (χ3n) is 2.31. The summed E-state index contributed by atoms with van der Waals surface area (Å²) < 4.78 is 6.53. The fourth-order valence-electron chi connectivity index (χ4n) is 1.49. The maximum Gasteiger partial charge on any atom is 0.138 e. The molecule has 2 aromatic rings. The number of aryl methyl sites for hydroxylation is 1. The highest BCUT2D eigenvalue weighted by molar-refractivity contribution is 9.10. The van der Waals surface area contributed by atoms with Crippen molar-refractivity contribution in [2.24, 2.45) is 0 Å². The van der Waals surface area contributed by atoms with E-state index in [1.54, 1.807) is 12.4 Å². The normalized spacial score (nSPS) is 10.2. The van der Waals surface area contributed by atoms with Crippen molar-refractivity contribution < 1.29 is 4.74 Å². The van der Waals surface area contributed by atoms with E-state index in [0.717, 1.165) is 23.1 Å². The summed E-state index contributed by atoms with van der Waals surface area (Å²) in [5.74, 6) is 0.800. The van der Waals surface area contributed by atoms with Crippen LogP contribution in [-0.2, 0) is 6.42 Å². The Labute approximate surface area is 109 Å². The number of hydrogen-bond acceptors (Lipinski definition) is 3. The number of hydrogen-bond donors (Lipinski definition) is 0. The second-order valence-corrected chi connectivity index (χ2v) is 4.56. The molecule has 2 heterocycles. The molecule has 0 N–H and O–H groups in total. The smallest absolute Gasteiger partial charge is 0.138 e. The minimum absolute atomic E-state index is 0.695. The van der Waals surface area contributed by atoms with Gasteiger partial charge in [-0.2, -0.15) is 0 Å². The summed E-state index contributed by atoms with van der Waals surface area (Å²) in [6.45, 7) is 0.695. The second kappa shape index (κ2) is 6.35. The van der Waals surface area contributed by atoms with Crippen LogP contribution in [0.5, 0.6) is 5.75 Å². The summed E-state index contributed by atoms with van der Waals surface area (Å²) in [4.78, 5) is 8.03. The molecule has 0 aromatic carbocycles. The van der Waals surface area contributed by atoms with Crippen molar-refractivity contribution in [2.45, 2.75) is 12.8 Å². The average molecular weight is 293 g/mol. The molecule has 0 saturated carbocycles. The molecule has 0 bridgehead atoms. The van der Waals surface area contributed by atoms with Crippen molar-refractivity contribution in [1.29, 1.82) is 0 Å². The molecule has 88 valence electrons. The van der Waals surface area contributed by atoms with Crippen LogP contribution >= 0.6 is 15.9 Å². The van der Waals surface area contributed by atoms with E-state index in [2.05, 4.69) is 25.9 Å². The van der Waals surface area contributed by atoms with Gasteiger partial charge >= 0.3 is 0 Å². The summed E-state index contributed by atoms with van der Waals surface area (Å²) in [7, 11) is 0. The number of ether oxygens (including phenoxy) is 1. The van der Waals surface area contributed by atoms with E-state index >= 15 is 0 Å². The van der Waals surface area contributed by atoms with Crippen molar-refractivity contribution in [3.05, 3.63) is 53.0 Å². The lowest BCUT2D eigenvalue weighted by molar-refractivity contribution is 0.309. The van der Waals surface area contributed by atoms with Gasteiger partial charge in [0.2, 0.25) is 0 Å². The molecule has 0 fully saturated rings. The zero-order chi connectivity index (χ0) is 11.9. The molecule has 0 unspecified atom stereocenters. The molecule has 0 amide bonds. The molecule has 2 aromatic heterocycles. The molecule has 0 radical (unpaired) electrons. The van der Waals surface area contributed by atoms with Crippen molar-refractivity contribution in [2.75, 3.05) is 6.61 Å². The highest BCUT2D eigenvalue weighted by Gasteiger charge is 1.96. The molecule has 0 aliphatic heterocycles. The Kier molecular flexibility index (Phi) is 4.50. The average Bonchev–Trinajstić information content (AvgIpc) is 2.36. The van der Waals surface area contributed by atoms with Gasteiger partial charge in [-0.15, -0.1) is 0 Å². The largest absolute Gasteiger partial charge is 0.492 e. The van der Waals surface area contributed by atoms with Crippen LogP contribution in [0.2, 0.25) is 0 Å². The topological polar surface area (TPSA) is 35.0 Å². The van der Waals surface area contributed by atoms with Gasteiger partial charge in [-0.25, -0.2) is 0 Å². The monoisotopic (exact) mass is 292 g/mol. The van der Waals surface area contributed by atoms with E-state index in [4.69, 9.17) is 4.74 Å². The van der Waals surface area contributed by atoms with Crippen LogP contribution in [0.25, 0.3) is 0 Å². The molecule has 0 atom stereocenters. The minimum atomic E-state index is 0.695. The zero-order valence-electron chi connectivity index (χ0n) is 9.34. The van der Waals surface area contributed by atoms with E-state index in [0.29, 0.717) is 6.61 Å². The van der Waals surface area contributed by atoms with E-state index in [9.17, 15) is 0 Å². The Morgan fingerprint density at radius 2 is 1.94 bits per heavy atom. The molecule has 2 rings (SSSR count). The Morgan fingerprint density at radius 1 is 1.12 bits per heavy atom. The van der Waals surface area contributed by atoms with Gasteiger partial charge in [-0.3, -0.25) is 9.97 Å². The van der Waals surface area contributed by atoms with E-state index in [1.807, 2.05) is 30.6 Å². The number of nitrogens with zero attached hydrogens (tertiary/aromatic N) is 2. The first-order valence-electron chi connectivity index (χ1n) is 5.47. The summed E-state index contributed by atoms with van der Waals surface area (Å²) >= 11 is 3.36. The van der Waals surface area contributed by atoms with Gasteiger partial charge in [-0.1, -0.05) is 0 Å². The van der Waals surface area contributed by atoms with Crippen molar-refractivity contribution >= 4 is 15.9 Å². The van der Waals surface area contributed by atoms with Crippen LogP contribution in [0.3, 0.4) is 0 Å². The van der Waals surface area contributed by atoms with Gasteiger partial charge in [0.15, 0.2) is 0 Å². The van der Waals surface area contributed by atoms with Crippen molar-refractivity contribution in [1.82, 2.24) is 9.97 Å². The summed E-state index contributed by atoms with van der Waals surface area (Å²) in [5, 5.41) is 0. The fourth-order valence-corrected chi connectivity index (χ4v) is 1.83. The van der Waals surface area contributed by atoms with Crippen LogP contribution in [-0.4, -0.2) is 16.6 Å². The van der Waals surface area contributed by atoms with Crippen LogP contribution < -0.4 is 4.74 Å². The van der Waals surface area contributed by atoms with Crippen LogP contribution in [0, 0.1) is 0 Å². The van der Waals surface area contributed by atoms with Gasteiger partial charge in [0, 0.05) is 23.1 Å². The van der Waals surface area contributed by atoms with Gasteiger partial charge in [0.1, 0.15) is 5.75 Å². The third-order valence-corrected chi connectivity index (χ3v) is 2.74. The van der Waals surface area contributed by atoms with Gasteiger partial charge in [0.25, 0.3) is 0 Å². The molecular weight excluding hydrogens is 280 g/mol. The highest BCUT2D eigenvalue weighted by atomic mass is 79.9. The molecule has 0 saturated heterocycles. The number of halogens is 1. The molecule has 0 aliphatic rings. The maximum atomic E-state index is 5.60. The van der Waals surface area contributed by atoms with Crippen LogP contribution in [0.15, 0.2) is 47.5 Å². The SMILES string of the molecule is Brc1cncc(OCCCc2ccncc2)c1. The Morgan fingerprint density at radius 3 is 2.71 bits per heavy atom. The lowest BCUT2D eigenvalue weighted by atomic mass is 10.1. The minimum Gasteiger partial charge on any atom is -0.492 e. The van der Waals surface area contributed by atoms with E-state index in [1.165, 1.54) is 5.56 Å². The molecule has 4 heteroatoms. The fraction of sp³-hybridized carbons (Fsp3) is 0.231. The standard InChI is InChI=1S/C13H13BrN2O/c14-12-8-13(10-16-9-12)17-7-1-2-11-3-5-15-6-4-11/h3-6,8-10H,1-2,7H2. The number of aromatic nitrogens is 2. The first-order chi connectivity index (χ1) is 8.34. The summed E-state index contributed by atoms with van der Waals surface area (Å²) in [6, 6.07) is 5.97. The molecule has 0 aliphatic carbocycles. The lowest BCUT2D eigenvalue weighted by Crippen LogP contribution is -1.99. The Hall–Kier alpha value is -1.42. The molecule has 17 heavy (non-hydrogen) atoms. The van der Waals surface area contributed by atoms with Gasteiger partial charge in [0.05, 0.1) is 12.8 Å². The predicted octanol–water partition coefficient (Wildman–Crippen LogP) is 3.25. The zero-order valence-corrected chi connectivity index (χ0v) is 10.9. The Bertz CT molecular complexity index is 462. The summed E-state index contributed by atoms with van der Waals surface area (Å²) in [5.41, 5.74) is 1.29. The van der Waals surface area contributed by atoms with Crippen LogP contribution in [0.1, 0.15) is 12.0 Å². The first kappa shape index (κ1) is 12.0. The van der Waals surface area contributed by atoms with E-state index in [-0.39, 0.29) is 0 Å². The van der Waals surface area contributed by atoms with Crippen molar-refractivity contribution in [3.8, 4) is 5.75 Å². The maximum absolute atomic E-state index is 5.60. The number of pyridine rings is 2. The molecule has 0 spiro atoms. The molecule has 3 nitrogen and oxygen atoms in total. The Balaban J connectivity index is 1.73. The quantitative estimate of drug-likeness (QED) is 0.794. The van der Waals surface area contributed by atoms with E-state index < -0.39 is 0 Å². The molecular formula is C13H13BrN2O. The van der Waals surface area contributed by atoms with Gasteiger partial charge in [-0.05, 0) is 52.5 Å². The first-order valence-corrected chi connectivity index (χ1v) is 6.26.